The highest BCUT2D eigenvalue weighted by atomic mass is 15.2. The molecule has 5 nitrogen and oxygen atoms in total. The van der Waals surface area contributed by atoms with Crippen LogP contribution >= 0.6 is 0 Å². The summed E-state index contributed by atoms with van der Waals surface area (Å²) in [4.78, 5) is 21.0. The first-order chi connectivity index (χ1) is 30.5. The largest absolute Gasteiger partial charge is 0.347 e. The molecule has 1 aromatic heterocycles. The molecule has 1 aliphatic carbocycles. The van der Waals surface area contributed by atoms with Crippen molar-refractivity contribution in [1.82, 2.24) is 15.3 Å². The number of nitrogens with zero attached hydrogens (tertiary/aromatic N) is 4. The van der Waals surface area contributed by atoms with Gasteiger partial charge in [-0.3, -0.25) is 0 Å². The summed E-state index contributed by atoms with van der Waals surface area (Å²) in [5.41, 5.74) is 12.7. The van der Waals surface area contributed by atoms with Crippen molar-refractivity contribution in [2.45, 2.75) is 58.5 Å². The molecule has 4 atom stereocenters. The molecule has 1 aliphatic heterocycles. The molecule has 0 saturated carbocycles. The molecule has 9 rings (SSSR count). The Balaban J connectivity index is 1.10. The van der Waals surface area contributed by atoms with E-state index in [0.29, 0.717) is 17.7 Å². The first-order valence-corrected chi connectivity index (χ1v) is 22.2. The van der Waals surface area contributed by atoms with Crippen molar-refractivity contribution in [3.63, 3.8) is 0 Å². The van der Waals surface area contributed by atoms with Gasteiger partial charge in [-0.1, -0.05) is 198 Å². The lowest BCUT2D eigenvalue weighted by Gasteiger charge is -2.31. The van der Waals surface area contributed by atoms with Crippen LogP contribution in [0.5, 0.6) is 0 Å². The van der Waals surface area contributed by atoms with Crippen LogP contribution in [0.2, 0.25) is 0 Å². The highest BCUT2D eigenvalue weighted by Gasteiger charge is 2.29. The molecular formula is C57H53N5. The van der Waals surface area contributed by atoms with E-state index in [4.69, 9.17) is 20.0 Å². The summed E-state index contributed by atoms with van der Waals surface area (Å²) in [5, 5.41) is 3.67. The maximum absolute atomic E-state index is 5.31. The van der Waals surface area contributed by atoms with Gasteiger partial charge in [-0.2, -0.15) is 0 Å². The molecule has 0 radical (unpaired) electrons. The lowest BCUT2D eigenvalue weighted by molar-refractivity contribution is 0.394. The van der Waals surface area contributed by atoms with Crippen molar-refractivity contribution in [3.8, 4) is 56.2 Å². The first-order valence-electron chi connectivity index (χ1n) is 22.2. The summed E-state index contributed by atoms with van der Waals surface area (Å²) in [7, 11) is 0. The summed E-state index contributed by atoms with van der Waals surface area (Å²) in [6, 6.07) is 57.8. The molecule has 0 amide bonds. The standard InChI is InChI=1S/C57H53N5/c1-4-5-8-19-39(2)43-25-15-29-47(34-43)52-38-53(48-30-16-26-44(35-48)41-21-9-6-10-22-41)59-55(58-52)49-31-17-27-45(36-49)46-28-18-32-50(37-46)56-60-54(42-23-11-7-12-24-42)61-57(62-56)51-33-14-13-20-40(51)3/h6-7,9-18,20-40,51,57H,4-5,8,19H2,1-3H3,(H,60,61,62). The third-order valence-electron chi connectivity index (χ3n) is 12.2. The number of allylic oxidation sites excluding steroid dienone is 3. The Morgan fingerprint density at radius 2 is 1.08 bits per heavy atom. The third-order valence-corrected chi connectivity index (χ3v) is 12.2. The Hall–Kier alpha value is -6.98. The predicted octanol–water partition coefficient (Wildman–Crippen LogP) is 14.0. The van der Waals surface area contributed by atoms with Crippen molar-refractivity contribution >= 4 is 11.7 Å². The zero-order chi connectivity index (χ0) is 42.3. The smallest absolute Gasteiger partial charge is 0.160 e. The van der Waals surface area contributed by atoms with Crippen LogP contribution < -0.4 is 5.32 Å². The van der Waals surface area contributed by atoms with E-state index in [9.17, 15) is 0 Å². The number of hydrogen-bond donors (Lipinski definition) is 1. The molecule has 6 aromatic carbocycles. The number of unbranched alkanes of at least 4 members (excludes halogenated alkanes) is 2. The van der Waals surface area contributed by atoms with E-state index in [1.54, 1.807) is 0 Å². The number of rotatable bonds is 13. The average Bonchev–Trinajstić information content (AvgIpc) is 3.34. The van der Waals surface area contributed by atoms with E-state index < -0.39 is 0 Å². The zero-order valence-corrected chi connectivity index (χ0v) is 35.8. The second-order valence-electron chi connectivity index (χ2n) is 16.7. The Morgan fingerprint density at radius 1 is 0.532 bits per heavy atom. The van der Waals surface area contributed by atoms with Crippen LogP contribution in [0.25, 0.3) is 56.2 Å². The van der Waals surface area contributed by atoms with Crippen molar-refractivity contribution in [2.24, 2.45) is 21.8 Å². The van der Waals surface area contributed by atoms with E-state index in [2.05, 4.69) is 208 Å². The Labute approximate surface area is 366 Å². The van der Waals surface area contributed by atoms with Crippen LogP contribution in [-0.4, -0.2) is 27.8 Å². The monoisotopic (exact) mass is 807 g/mol. The van der Waals surface area contributed by atoms with Crippen molar-refractivity contribution in [3.05, 3.63) is 205 Å². The van der Waals surface area contributed by atoms with Crippen LogP contribution in [0.3, 0.4) is 0 Å². The number of benzene rings is 6. The minimum absolute atomic E-state index is 0.155. The molecule has 4 unspecified atom stereocenters. The Bertz CT molecular complexity index is 2780. The summed E-state index contributed by atoms with van der Waals surface area (Å²) in [6.07, 6.45) is 13.5. The average molecular weight is 808 g/mol. The van der Waals surface area contributed by atoms with E-state index in [1.807, 2.05) is 6.07 Å². The molecule has 0 spiro atoms. The lowest BCUT2D eigenvalue weighted by atomic mass is 9.87. The zero-order valence-electron chi connectivity index (χ0n) is 35.8. The molecule has 1 N–H and O–H groups in total. The Morgan fingerprint density at radius 3 is 1.77 bits per heavy atom. The molecule has 0 bridgehead atoms. The minimum atomic E-state index is -0.155. The van der Waals surface area contributed by atoms with Gasteiger partial charge in [0.2, 0.25) is 0 Å². The topological polar surface area (TPSA) is 62.5 Å². The number of nitrogens with one attached hydrogen (secondary N) is 1. The number of hydrogen-bond acceptors (Lipinski definition) is 5. The summed E-state index contributed by atoms with van der Waals surface area (Å²) in [6.45, 7) is 6.86. The maximum atomic E-state index is 5.31. The molecule has 0 saturated heterocycles. The van der Waals surface area contributed by atoms with Gasteiger partial charge >= 0.3 is 0 Å². The van der Waals surface area contributed by atoms with Crippen LogP contribution in [0, 0.1) is 11.8 Å². The number of amidine groups is 2. The molecule has 306 valence electrons. The fraction of sp³-hybridized carbons (Fsp3) is 0.193. The van der Waals surface area contributed by atoms with Gasteiger partial charge in [-0.15, -0.1) is 0 Å². The highest BCUT2D eigenvalue weighted by molar-refractivity contribution is 6.13. The Kier molecular flexibility index (Phi) is 12.2. The maximum Gasteiger partial charge on any atom is 0.160 e. The number of aromatic nitrogens is 2. The second kappa shape index (κ2) is 18.7. The van der Waals surface area contributed by atoms with Gasteiger partial charge < -0.3 is 5.32 Å². The van der Waals surface area contributed by atoms with Gasteiger partial charge in [0, 0.05) is 33.7 Å². The molecule has 7 aromatic rings. The second-order valence-corrected chi connectivity index (χ2v) is 16.7. The van der Waals surface area contributed by atoms with Crippen LogP contribution in [-0.2, 0) is 0 Å². The van der Waals surface area contributed by atoms with E-state index >= 15 is 0 Å². The van der Waals surface area contributed by atoms with Crippen LogP contribution in [0.4, 0.5) is 0 Å². The quantitative estimate of drug-likeness (QED) is 0.118. The van der Waals surface area contributed by atoms with Gasteiger partial charge in [-0.05, 0) is 76.4 Å². The van der Waals surface area contributed by atoms with E-state index in [1.165, 1.54) is 36.8 Å². The van der Waals surface area contributed by atoms with E-state index in [-0.39, 0.29) is 12.1 Å². The molecule has 5 heteroatoms. The lowest BCUT2D eigenvalue weighted by Crippen LogP contribution is -2.44. The fourth-order valence-corrected chi connectivity index (χ4v) is 8.57. The van der Waals surface area contributed by atoms with Crippen molar-refractivity contribution in [2.75, 3.05) is 0 Å². The normalized spacial score (nSPS) is 17.5. The molecule has 0 fully saturated rings. The van der Waals surface area contributed by atoms with Gasteiger partial charge in [0.15, 0.2) is 11.7 Å². The van der Waals surface area contributed by atoms with E-state index in [0.717, 1.165) is 67.6 Å². The molecular weight excluding hydrogens is 755 g/mol. The van der Waals surface area contributed by atoms with Crippen LogP contribution in [0.1, 0.15) is 69.1 Å². The van der Waals surface area contributed by atoms with Crippen molar-refractivity contribution in [1.29, 1.82) is 0 Å². The fourth-order valence-electron chi connectivity index (χ4n) is 8.57. The minimum Gasteiger partial charge on any atom is -0.347 e. The van der Waals surface area contributed by atoms with Gasteiger partial charge in [0.1, 0.15) is 12.0 Å². The SMILES string of the molecule is CCCCCC(C)c1cccc(-c2cc(-c3cccc(-c4ccccc4)c3)nc(-c3cccc(-c4cccc(C5=NC(C6C=CC=CC6C)NC(c6ccccc6)=N5)c4)c3)n2)c1. The number of aliphatic imine (C=N–C) groups is 2. The highest BCUT2D eigenvalue weighted by Crippen LogP contribution is 2.34. The molecule has 2 heterocycles. The van der Waals surface area contributed by atoms with Gasteiger partial charge in [0.25, 0.3) is 0 Å². The molecule has 2 aliphatic rings. The summed E-state index contributed by atoms with van der Waals surface area (Å²) >= 11 is 0. The van der Waals surface area contributed by atoms with Crippen molar-refractivity contribution < 1.29 is 0 Å². The van der Waals surface area contributed by atoms with Crippen LogP contribution in [0.15, 0.2) is 198 Å². The predicted molar refractivity (Wildman–Crippen MR) is 259 cm³/mol. The molecule has 62 heavy (non-hydrogen) atoms. The van der Waals surface area contributed by atoms with Gasteiger partial charge in [0.05, 0.1) is 11.4 Å². The summed E-state index contributed by atoms with van der Waals surface area (Å²) < 4.78 is 0. The first kappa shape index (κ1) is 40.4. The van der Waals surface area contributed by atoms with Gasteiger partial charge in [-0.25, -0.2) is 20.0 Å². The summed E-state index contributed by atoms with van der Waals surface area (Å²) in [5.74, 6) is 3.25. The third kappa shape index (κ3) is 9.18.